The van der Waals surface area contributed by atoms with Crippen LogP contribution in [0.1, 0.15) is 31.4 Å². The maximum Gasteiger partial charge on any atom is 0.326 e. The summed E-state index contributed by atoms with van der Waals surface area (Å²) in [6, 6.07) is 13.9. The van der Waals surface area contributed by atoms with Crippen LogP contribution in [-0.2, 0) is 27.2 Å². The molecule has 4 atom stereocenters. The molecule has 8 heteroatoms. The molecule has 1 heterocycles. The molecule has 0 aliphatic heterocycles. The van der Waals surface area contributed by atoms with Gasteiger partial charge in [-0.2, -0.15) is 0 Å². The number of carboxylic acids is 1. The molecule has 0 unspecified atom stereocenters. The Hall–Kier alpha value is -3.65. The third-order valence-corrected chi connectivity index (χ3v) is 6.19. The van der Waals surface area contributed by atoms with Crippen molar-refractivity contribution in [3.05, 3.63) is 71.9 Å². The number of para-hydroxylation sites is 1. The fourth-order valence-electron chi connectivity index (χ4n) is 3.83. The van der Waals surface area contributed by atoms with Crippen molar-refractivity contribution < 1.29 is 19.5 Å². The van der Waals surface area contributed by atoms with E-state index in [9.17, 15) is 19.5 Å². The zero-order valence-corrected chi connectivity index (χ0v) is 19.5. The first kappa shape index (κ1) is 25.0. The van der Waals surface area contributed by atoms with E-state index in [0.717, 1.165) is 28.5 Å². The molecule has 3 rings (SSSR count). The molecule has 0 saturated carbocycles. The molecule has 0 radical (unpaired) electrons. The number of aromatic nitrogens is 1. The fraction of sp³-hybridized carbons (Fsp3) is 0.346. The van der Waals surface area contributed by atoms with Gasteiger partial charge in [0.2, 0.25) is 11.8 Å². The first-order chi connectivity index (χ1) is 16.3. The number of fused-ring (bicyclic) bond motifs is 1. The van der Waals surface area contributed by atoms with Crippen molar-refractivity contribution in [3.63, 3.8) is 0 Å². The number of hydrogen-bond donors (Lipinski definition) is 5. The van der Waals surface area contributed by atoms with E-state index in [1.807, 2.05) is 68.4 Å². The van der Waals surface area contributed by atoms with Crippen molar-refractivity contribution in [2.45, 2.75) is 51.2 Å². The minimum Gasteiger partial charge on any atom is -0.480 e. The van der Waals surface area contributed by atoms with Crippen LogP contribution in [0.15, 0.2) is 60.8 Å². The molecule has 34 heavy (non-hydrogen) atoms. The van der Waals surface area contributed by atoms with Crippen molar-refractivity contribution in [2.75, 3.05) is 0 Å². The molecule has 0 spiro atoms. The second kappa shape index (κ2) is 11.5. The summed E-state index contributed by atoms with van der Waals surface area (Å²) in [5, 5.41) is 16.1. The molecule has 0 aliphatic carbocycles. The molecule has 2 aromatic carbocycles. The first-order valence-corrected chi connectivity index (χ1v) is 11.5. The third-order valence-electron chi connectivity index (χ3n) is 6.19. The number of aromatic amines is 1. The van der Waals surface area contributed by atoms with Gasteiger partial charge >= 0.3 is 5.97 Å². The van der Waals surface area contributed by atoms with E-state index in [2.05, 4.69) is 15.6 Å². The van der Waals surface area contributed by atoms with Gasteiger partial charge in [-0.05, 0) is 23.1 Å². The number of amides is 2. The highest BCUT2D eigenvalue weighted by molar-refractivity contribution is 5.92. The Balaban J connectivity index is 1.78. The summed E-state index contributed by atoms with van der Waals surface area (Å²) in [7, 11) is 0. The SMILES string of the molecule is CC[C@H](C)[C@H](N)C(=O)N[C@@H](Cc1ccccc1)C(=O)N[C@@H](Cc1c[nH]c2ccccc12)C(=O)O. The molecule has 0 aliphatic rings. The number of carbonyl (C=O) groups is 3. The van der Waals surface area contributed by atoms with Gasteiger partial charge in [0, 0.05) is 29.9 Å². The summed E-state index contributed by atoms with van der Waals surface area (Å²) in [5.74, 6) is -2.22. The fourth-order valence-corrected chi connectivity index (χ4v) is 3.83. The smallest absolute Gasteiger partial charge is 0.326 e. The Morgan fingerprint density at radius 1 is 0.941 bits per heavy atom. The Morgan fingerprint density at radius 3 is 2.26 bits per heavy atom. The molecule has 0 bridgehead atoms. The zero-order valence-electron chi connectivity index (χ0n) is 19.5. The van der Waals surface area contributed by atoms with Crippen molar-refractivity contribution in [3.8, 4) is 0 Å². The van der Waals surface area contributed by atoms with E-state index in [4.69, 9.17) is 5.73 Å². The van der Waals surface area contributed by atoms with Crippen molar-refractivity contribution in [1.82, 2.24) is 15.6 Å². The van der Waals surface area contributed by atoms with Gasteiger partial charge in [0.05, 0.1) is 6.04 Å². The van der Waals surface area contributed by atoms with Crippen LogP contribution in [-0.4, -0.2) is 46.0 Å². The number of carbonyl (C=O) groups excluding carboxylic acids is 2. The summed E-state index contributed by atoms with van der Waals surface area (Å²) in [6.07, 6.45) is 2.78. The monoisotopic (exact) mass is 464 g/mol. The molecule has 3 aromatic rings. The highest BCUT2D eigenvalue weighted by atomic mass is 16.4. The summed E-state index contributed by atoms with van der Waals surface area (Å²) in [4.78, 5) is 41.1. The molecule has 0 fully saturated rings. The lowest BCUT2D eigenvalue weighted by molar-refractivity contribution is -0.142. The number of H-pyrrole nitrogens is 1. The Kier molecular flexibility index (Phi) is 8.43. The van der Waals surface area contributed by atoms with E-state index < -0.39 is 35.9 Å². The topological polar surface area (TPSA) is 137 Å². The lowest BCUT2D eigenvalue weighted by Gasteiger charge is -2.24. The second-order valence-electron chi connectivity index (χ2n) is 8.63. The van der Waals surface area contributed by atoms with Crippen molar-refractivity contribution in [2.24, 2.45) is 11.7 Å². The summed E-state index contributed by atoms with van der Waals surface area (Å²) >= 11 is 0. The first-order valence-electron chi connectivity index (χ1n) is 11.5. The van der Waals surface area contributed by atoms with Crippen LogP contribution in [0.25, 0.3) is 10.9 Å². The number of nitrogens with one attached hydrogen (secondary N) is 3. The quantitative estimate of drug-likeness (QED) is 0.297. The van der Waals surface area contributed by atoms with Gasteiger partial charge in [0.25, 0.3) is 0 Å². The van der Waals surface area contributed by atoms with Gasteiger partial charge in [0.1, 0.15) is 12.1 Å². The molecule has 0 saturated heterocycles. The normalized spacial score (nSPS) is 14.7. The van der Waals surface area contributed by atoms with Crippen LogP contribution in [0.4, 0.5) is 0 Å². The van der Waals surface area contributed by atoms with E-state index in [-0.39, 0.29) is 18.8 Å². The van der Waals surface area contributed by atoms with Gasteiger partial charge in [-0.15, -0.1) is 0 Å². The number of aliphatic carboxylic acids is 1. The van der Waals surface area contributed by atoms with Crippen LogP contribution < -0.4 is 16.4 Å². The zero-order chi connectivity index (χ0) is 24.7. The second-order valence-corrected chi connectivity index (χ2v) is 8.63. The lowest BCUT2D eigenvalue weighted by Crippen LogP contribution is -2.56. The molecular formula is C26H32N4O4. The Labute approximate surface area is 198 Å². The van der Waals surface area contributed by atoms with Gasteiger partial charge in [-0.3, -0.25) is 9.59 Å². The van der Waals surface area contributed by atoms with Crippen LogP contribution in [0.2, 0.25) is 0 Å². The van der Waals surface area contributed by atoms with Gasteiger partial charge in [-0.1, -0.05) is 68.8 Å². The van der Waals surface area contributed by atoms with Crippen molar-refractivity contribution >= 4 is 28.7 Å². The number of hydrogen-bond acceptors (Lipinski definition) is 4. The standard InChI is InChI=1S/C26H32N4O4/c1-3-16(2)23(27)25(32)29-21(13-17-9-5-4-6-10-17)24(31)30-22(26(33)34)14-18-15-28-20-12-8-7-11-19(18)20/h4-12,15-16,21-23,28H,3,13-14,27H2,1-2H3,(H,29,32)(H,30,31)(H,33,34)/t16-,21-,22-,23-/m0/s1. The summed E-state index contributed by atoms with van der Waals surface area (Å²) in [5.41, 5.74) is 8.57. The third kappa shape index (κ3) is 6.23. The minimum atomic E-state index is -1.16. The molecular weight excluding hydrogens is 432 g/mol. The molecule has 2 amide bonds. The van der Waals surface area contributed by atoms with Crippen LogP contribution in [0.5, 0.6) is 0 Å². The number of benzene rings is 2. The van der Waals surface area contributed by atoms with E-state index >= 15 is 0 Å². The summed E-state index contributed by atoms with van der Waals surface area (Å²) < 4.78 is 0. The average Bonchev–Trinajstić information content (AvgIpc) is 3.25. The Bertz CT molecular complexity index is 1130. The molecule has 1 aromatic heterocycles. The van der Waals surface area contributed by atoms with Crippen LogP contribution in [0.3, 0.4) is 0 Å². The largest absolute Gasteiger partial charge is 0.480 e. The highest BCUT2D eigenvalue weighted by Crippen LogP contribution is 2.19. The Morgan fingerprint density at radius 2 is 1.59 bits per heavy atom. The molecule has 180 valence electrons. The van der Waals surface area contributed by atoms with E-state index in [0.29, 0.717) is 0 Å². The predicted molar refractivity (Wildman–Crippen MR) is 131 cm³/mol. The number of rotatable bonds is 11. The number of nitrogens with two attached hydrogens (primary N) is 1. The average molecular weight is 465 g/mol. The predicted octanol–water partition coefficient (Wildman–Crippen LogP) is 2.38. The van der Waals surface area contributed by atoms with Crippen molar-refractivity contribution in [1.29, 1.82) is 0 Å². The van der Waals surface area contributed by atoms with E-state index in [1.165, 1.54) is 0 Å². The maximum absolute atomic E-state index is 13.2. The van der Waals surface area contributed by atoms with E-state index in [1.54, 1.807) is 6.20 Å². The van der Waals surface area contributed by atoms with Gasteiger partial charge in [-0.25, -0.2) is 4.79 Å². The maximum atomic E-state index is 13.2. The van der Waals surface area contributed by atoms with Crippen LogP contribution >= 0.6 is 0 Å². The summed E-state index contributed by atoms with van der Waals surface area (Å²) in [6.45, 7) is 3.81. The highest BCUT2D eigenvalue weighted by Gasteiger charge is 2.29. The number of carboxylic acid groups (broad SMARTS) is 1. The van der Waals surface area contributed by atoms with Crippen LogP contribution in [0, 0.1) is 5.92 Å². The van der Waals surface area contributed by atoms with Gasteiger partial charge < -0.3 is 26.5 Å². The minimum absolute atomic E-state index is 0.0610. The molecule has 8 nitrogen and oxygen atoms in total. The molecule has 6 N–H and O–H groups in total. The van der Waals surface area contributed by atoms with Gasteiger partial charge in [0.15, 0.2) is 0 Å². The lowest BCUT2D eigenvalue weighted by atomic mass is 9.98.